The Morgan fingerprint density at radius 3 is 2.39 bits per heavy atom. The van der Waals surface area contributed by atoms with Gasteiger partial charge >= 0.3 is 5.97 Å². The zero-order valence-corrected chi connectivity index (χ0v) is 14.1. The third-order valence-corrected chi connectivity index (χ3v) is 4.22. The molecule has 2 atom stereocenters. The normalized spacial score (nSPS) is 19.1. The molecule has 1 fully saturated rings. The van der Waals surface area contributed by atoms with Crippen molar-refractivity contribution in [3.8, 4) is 0 Å². The molecule has 0 saturated heterocycles. The van der Waals surface area contributed by atoms with Crippen molar-refractivity contribution < 1.29 is 19.7 Å². The quantitative estimate of drug-likeness (QED) is 0.368. The summed E-state index contributed by atoms with van der Waals surface area (Å²) in [6.07, 6.45) is 17.4. The van der Waals surface area contributed by atoms with E-state index in [2.05, 4.69) is 4.74 Å². The fourth-order valence-electron chi connectivity index (χ4n) is 2.78. The largest absolute Gasteiger partial charge is 0.469 e. The summed E-state index contributed by atoms with van der Waals surface area (Å²) in [4.78, 5) is 10.9. The molecule has 1 aliphatic rings. The van der Waals surface area contributed by atoms with Crippen LogP contribution in [0.5, 0.6) is 0 Å². The van der Waals surface area contributed by atoms with Crippen LogP contribution in [-0.4, -0.2) is 35.5 Å². The number of allylic oxidation sites excluding steroid dienone is 4. The summed E-state index contributed by atoms with van der Waals surface area (Å²) in [6.45, 7) is 0. The van der Waals surface area contributed by atoms with Gasteiger partial charge in [0, 0.05) is 6.42 Å². The van der Waals surface area contributed by atoms with Gasteiger partial charge in [-0.25, -0.2) is 0 Å². The van der Waals surface area contributed by atoms with E-state index in [1.54, 1.807) is 12.2 Å². The van der Waals surface area contributed by atoms with Crippen LogP contribution in [0.25, 0.3) is 0 Å². The number of aliphatic hydroxyl groups excluding tert-OH is 2. The molecular weight excluding hydrogens is 292 g/mol. The number of hydrogen-bond acceptors (Lipinski definition) is 4. The maximum Gasteiger partial charge on any atom is 0.305 e. The molecule has 23 heavy (non-hydrogen) atoms. The second kappa shape index (κ2) is 12.1. The van der Waals surface area contributed by atoms with Crippen LogP contribution >= 0.6 is 0 Å². The number of aliphatic hydroxyl groups is 2. The van der Waals surface area contributed by atoms with Gasteiger partial charge in [-0.3, -0.25) is 4.79 Å². The Morgan fingerprint density at radius 2 is 1.74 bits per heavy atom. The second-order valence-electron chi connectivity index (χ2n) is 6.08. The molecule has 0 aromatic carbocycles. The van der Waals surface area contributed by atoms with Gasteiger partial charge in [-0.1, -0.05) is 49.3 Å². The first-order valence-corrected chi connectivity index (χ1v) is 8.58. The molecule has 0 radical (unpaired) electrons. The lowest BCUT2D eigenvalue weighted by Gasteiger charge is -2.12. The predicted octanol–water partition coefficient (Wildman–Crippen LogP) is 3.30. The molecule has 0 aliphatic heterocycles. The number of rotatable bonds is 10. The van der Waals surface area contributed by atoms with Crippen molar-refractivity contribution in [1.29, 1.82) is 0 Å². The average molecular weight is 322 g/mol. The number of ether oxygens (including phenoxy) is 1. The van der Waals surface area contributed by atoms with Crippen LogP contribution in [0.15, 0.2) is 36.5 Å². The summed E-state index contributed by atoms with van der Waals surface area (Å²) in [7, 11) is 1.38. The molecule has 2 unspecified atom stereocenters. The average Bonchev–Trinajstić information content (AvgIpc) is 3.08. The lowest BCUT2D eigenvalue weighted by Crippen LogP contribution is -2.13. The number of hydrogen-bond donors (Lipinski definition) is 2. The highest BCUT2D eigenvalue weighted by molar-refractivity contribution is 5.68. The van der Waals surface area contributed by atoms with Gasteiger partial charge in [0.1, 0.15) is 0 Å². The molecule has 130 valence electrons. The minimum Gasteiger partial charge on any atom is -0.469 e. The standard InChI is InChI=1S/C19H30O4/c1-23-19(22)15-9-8-13-17(20)12-4-2-3-5-14-18(21)16-10-6-7-11-16/h2-5,12,14,16-18,20-21H,6-11,13,15H2,1H3. The second-order valence-corrected chi connectivity index (χ2v) is 6.08. The predicted molar refractivity (Wildman–Crippen MR) is 91.9 cm³/mol. The summed E-state index contributed by atoms with van der Waals surface area (Å²) in [5.41, 5.74) is 0. The number of carbonyl (C=O) groups is 1. The van der Waals surface area contributed by atoms with Gasteiger partial charge in [-0.15, -0.1) is 0 Å². The maximum atomic E-state index is 10.9. The van der Waals surface area contributed by atoms with Crippen LogP contribution in [0.4, 0.5) is 0 Å². The Bertz CT molecular complexity index is 406. The smallest absolute Gasteiger partial charge is 0.305 e. The molecule has 0 amide bonds. The molecule has 4 nitrogen and oxygen atoms in total. The van der Waals surface area contributed by atoms with E-state index >= 15 is 0 Å². The lowest BCUT2D eigenvalue weighted by molar-refractivity contribution is -0.140. The SMILES string of the molecule is COC(=O)CCCCC(O)C=CC=CC=CC(O)C1CCCC1. The fraction of sp³-hybridized carbons (Fsp3) is 0.632. The van der Waals surface area contributed by atoms with Crippen molar-refractivity contribution in [2.24, 2.45) is 5.92 Å². The van der Waals surface area contributed by atoms with Gasteiger partial charge in [0.15, 0.2) is 0 Å². The van der Waals surface area contributed by atoms with Gasteiger partial charge in [0.05, 0.1) is 19.3 Å². The van der Waals surface area contributed by atoms with E-state index in [1.165, 1.54) is 20.0 Å². The van der Waals surface area contributed by atoms with Gasteiger partial charge in [-0.05, 0) is 38.0 Å². The van der Waals surface area contributed by atoms with E-state index in [-0.39, 0.29) is 12.1 Å². The van der Waals surface area contributed by atoms with E-state index in [1.807, 2.05) is 24.3 Å². The molecule has 4 heteroatoms. The van der Waals surface area contributed by atoms with Crippen LogP contribution in [0.2, 0.25) is 0 Å². The topological polar surface area (TPSA) is 66.8 Å². The summed E-state index contributed by atoms with van der Waals surface area (Å²) in [5.74, 6) is 0.214. The van der Waals surface area contributed by atoms with Crippen LogP contribution in [0, 0.1) is 5.92 Å². The van der Waals surface area contributed by atoms with Gasteiger partial charge in [0.2, 0.25) is 0 Å². The first-order valence-electron chi connectivity index (χ1n) is 8.58. The Kier molecular flexibility index (Phi) is 10.3. The van der Waals surface area contributed by atoms with Gasteiger partial charge < -0.3 is 14.9 Å². The highest BCUT2D eigenvalue weighted by atomic mass is 16.5. The summed E-state index contributed by atoms with van der Waals surface area (Å²) in [6, 6.07) is 0. The third kappa shape index (κ3) is 9.36. The van der Waals surface area contributed by atoms with Crippen LogP contribution in [-0.2, 0) is 9.53 Å². The first-order chi connectivity index (χ1) is 11.1. The molecule has 1 saturated carbocycles. The number of methoxy groups -OCH3 is 1. The summed E-state index contributed by atoms with van der Waals surface area (Å²) >= 11 is 0. The van der Waals surface area contributed by atoms with Crippen molar-refractivity contribution in [3.05, 3.63) is 36.5 Å². The highest BCUT2D eigenvalue weighted by Gasteiger charge is 2.20. The van der Waals surface area contributed by atoms with Gasteiger partial charge in [-0.2, -0.15) is 0 Å². The van der Waals surface area contributed by atoms with Crippen molar-refractivity contribution >= 4 is 5.97 Å². The van der Waals surface area contributed by atoms with Crippen molar-refractivity contribution in [1.82, 2.24) is 0 Å². The van der Waals surface area contributed by atoms with Crippen molar-refractivity contribution in [2.45, 2.75) is 63.6 Å². The molecule has 0 heterocycles. The van der Waals surface area contributed by atoms with Crippen LogP contribution in [0.3, 0.4) is 0 Å². The zero-order valence-electron chi connectivity index (χ0n) is 14.1. The lowest BCUT2D eigenvalue weighted by atomic mass is 10.0. The van der Waals surface area contributed by atoms with E-state index < -0.39 is 6.10 Å². The van der Waals surface area contributed by atoms with Gasteiger partial charge in [0.25, 0.3) is 0 Å². The minimum absolute atomic E-state index is 0.204. The molecule has 1 rings (SSSR count). The van der Waals surface area contributed by atoms with E-state index in [4.69, 9.17) is 0 Å². The Hall–Kier alpha value is -1.39. The Morgan fingerprint density at radius 1 is 1.09 bits per heavy atom. The van der Waals surface area contributed by atoms with Crippen LogP contribution in [0.1, 0.15) is 51.4 Å². The monoisotopic (exact) mass is 322 g/mol. The maximum absolute atomic E-state index is 10.9. The zero-order chi connectivity index (χ0) is 16.9. The molecule has 0 aromatic rings. The molecule has 0 spiro atoms. The van der Waals surface area contributed by atoms with E-state index in [0.29, 0.717) is 18.8 Å². The Balaban J connectivity index is 2.12. The number of unbranched alkanes of at least 4 members (excludes halogenated alkanes) is 1. The minimum atomic E-state index is -0.495. The molecular formula is C19H30O4. The first kappa shape index (κ1) is 19.7. The molecule has 2 N–H and O–H groups in total. The number of carbonyl (C=O) groups excluding carboxylic acids is 1. The molecule has 1 aliphatic carbocycles. The van der Waals surface area contributed by atoms with E-state index in [0.717, 1.165) is 25.7 Å². The molecule has 0 aromatic heterocycles. The van der Waals surface area contributed by atoms with Crippen LogP contribution < -0.4 is 0 Å². The van der Waals surface area contributed by atoms with Crippen molar-refractivity contribution in [2.75, 3.05) is 7.11 Å². The third-order valence-electron chi connectivity index (χ3n) is 4.22. The fourth-order valence-corrected chi connectivity index (χ4v) is 2.78. The highest BCUT2D eigenvalue weighted by Crippen LogP contribution is 2.28. The number of esters is 1. The van der Waals surface area contributed by atoms with E-state index in [9.17, 15) is 15.0 Å². The molecule has 0 bridgehead atoms. The van der Waals surface area contributed by atoms with Crippen molar-refractivity contribution in [3.63, 3.8) is 0 Å². The summed E-state index contributed by atoms with van der Waals surface area (Å²) in [5, 5.41) is 19.7. The summed E-state index contributed by atoms with van der Waals surface area (Å²) < 4.78 is 4.56. The Labute approximate surface area is 139 Å².